The third kappa shape index (κ3) is 2.95. The van der Waals surface area contributed by atoms with E-state index in [2.05, 4.69) is 27.6 Å². The van der Waals surface area contributed by atoms with Crippen molar-refractivity contribution < 1.29 is 13.9 Å². The van der Waals surface area contributed by atoms with Crippen LogP contribution in [0.3, 0.4) is 0 Å². The van der Waals surface area contributed by atoms with E-state index in [9.17, 15) is 9.18 Å². The van der Waals surface area contributed by atoms with Gasteiger partial charge in [0.25, 0.3) is 5.91 Å². The molecule has 2 N–H and O–H groups in total. The van der Waals surface area contributed by atoms with E-state index in [1.807, 2.05) is 6.07 Å². The Kier molecular flexibility index (Phi) is 3.75. The lowest BCUT2D eigenvalue weighted by Crippen LogP contribution is -2.13. The van der Waals surface area contributed by atoms with Crippen LogP contribution in [0.2, 0.25) is 0 Å². The van der Waals surface area contributed by atoms with Gasteiger partial charge in [0, 0.05) is 3.57 Å². The molecule has 0 radical (unpaired) electrons. The first-order valence-corrected chi connectivity index (χ1v) is 6.03. The van der Waals surface area contributed by atoms with Crippen molar-refractivity contribution in [3.05, 3.63) is 51.5 Å². The predicted molar refractivity (Wildman–Crippen MR) is 71.9 cm³/mol. The van der Waals surface area contributed by atoms with Crippen molar-refractivity contribution in [3.63, 3.8) is 0 Å². The second-order valence-electron chi connectivity index (χ2n) is 3.43. The van der Waals surface area contributed by atoms with Crippen LogP contribution in [0.5, 0.6) is 11.6 Å². The van der Waals surface area contributed by atoms with Gasteiger partial charge in [-0.15, -0.1) is 0 Å². The molecule has 0 aliphatic carbocycles. The van der Waals surface area contributed by atoms with Gasteiger partial charge in [-0.05, 0) is 46.9 Å². The van der Waals surface area contributed by atoms with E-state index in [4.69, 9.17) is 10.5 Å². The maximum absolute atomic E-state index is 13.0. The Hall–Kier alpha value is -1.70. The summed E-state index contributed by atoms with van der Waals surface area (Å²) >= 11 is 2.12. The Morgan fingerprint density at radius 3 is 2.83 bits per heavy atom. The number of ether oxygens (including phenoxy) is 1. The monoisotopic (exact) mass is 358 g/mol. The highest BCUT2D eigenvalue weighted by Crippen LogP contribution is 2.24. The Balaban J connectivity index is 2.37. The molecule has 6 heteroatoms. The number of hydrogen-bond acceptors (Lipinski definition) is 3. The summed E-state index contributed by atoms with van der Waals surface area (Å²) in [6.07, 6.45) is 0.968. The molecule has 2 aromatic rings. The molecule has 2 rings (SSSR count). The molecule has 0 fully saturated rings. The average Bonchev–Trinajstić information content (AvgIpc) is 2.31. The van der Waals surface area contributed by atoms with Gasteiger partial charge in [0.1, 0.15) is 17.1 Å². The van der Waals surface area contributed by atoms with Crippen LogP contribution >= 0.6 is 22.6 Å². The zero-order valence-electron chi connectivity index (χ0n) is 9.06. The Bertz CT molecular complexity index is 604. The van der Waals surface area contributed by atoms with Crippen LogP contribution in [0.4, 0.5) is 4.39 Å². The molecule has 0 saturated carbocycles. The van der Waals surface area contributed by atoms with E-state index in [1.165, 1.54) is 0 Å². The number of aromatic nitrogens is 1. The number of primary amides is 1. The number of carbonyl (C=O) groups is 1. The highest BCUT2D eigenvalue weighted by Gasteiger charge is 2.13. The highest BCUT2D eigenvalue weighted by molar-refractivity contribution is 14.1. The number of halogens is 2. The van der Waals surface area contributed by atoms with Gasteiger partial charge in [0.15, 0.2) is 0 Å². The highest BCUT2D eigenvalue weighted by atomic mass is 127. The lowest BCUT2D eigenvalue weighted by Gasteiger charge is -2.08. The smallest absolute Gasteiger partial charge is 0.254 e. The molecule has 92 valence electrons. The molecular weight excluding hydrogens is 350 g/mol. The van der Waals surface area contributed by atoms with Gasteiger partial charge in [0.2, 0.25) is 5.88 Å². The van der Waals surface area contributed by atoms with Gasteiger partial charge >= 0.3 is 0 Å². The molecule has 1 aromatic carbocycles. The minimum absolute atomic E-state index is 0.00843. The first-order chi connectivity index (χ1) is 8.56. The summed E-state index contributed by atoms with van der Waals surface area (Å²) in [5.74, 6) is -0.934. The number of nitrogens with zero attached hydrogens (tertiary/aromatic N) is 1. The Labute approximate surface area is 116 Å². The van der Waals surface area contributed by atoms with Gasteiger partial charge in [0.05, 0.1) is 6.20 Å². The molecule has 0 atom stereocenters. The molecule has 4 nitrogen and oxygen atoms in total. The zero-order chi connectivity index (χ0) is 13.1. The summed E-state index contributed by atoms with van der Waals surface area (Å²) in [7, 11) is 0. The van der Waals surface area contributed by atoms with Crippen molar-refractivity contribution in [2.75, 3.05) is 0 Å². The summed E-state index contributed by atoms with van der Waals surface area (Å²) in [6, 6.07) is 8.15. The predicted octanol–water partition coefficient (Wildman–Crippen LogP) is 2.72. The first kappa shape index (κ1) is 12.7. The molecule has 1 heterocycles. The fourth-order valence-electron chi connectivity index (χ4n) is 1.33. The number of hydrogen-bond donors (Lipinski definition) is 1. The molecule has 1 amide bonds. The van der Waals surface area contributed by atoms with Crippen molar-refractivity contribution in [2.45, 2.75) is 0 Å². The van der Waals surface area contributed by atoms with Crippen LogP contribution in [-0.4, -0.2) is 10.9 Å². The minimum atomic E-state index is -0.789. The van der Waals surface area contributed by atoms with Crippen LogP contribution in [0.25, 0.3) is 0 Å². The molecular formula is C12H8FIN2O2. The van der Waals surface area contributed by atoms with Gasteiger partial charge in [-0.25, -0.2) is 9.37 Å². The fraction of sp³-hybridized carbons (Fsp3) is 0. The quantitative estimate of drug-likeness (QED) is 0.859. The normalized spacial score (nSPS) is 10.1. The molecule has 0 aliphatic rings. The summed E-state index contributed by atoms with van der Waals surface area (Å²) in [5.41, 5.74) is 5.05. The summed E-state index contributed by atoms with van der Waals surface area (Å²) < 4.78 is 19.4. The van der Waals surface area contributed by atoms with E-state index >= 15 is 0 Å². The molecule has 0 spiro atoms. The van der Waals surface area contributed by atoms with Crippen molar-refractivity contribution >= 4 is 28.5 Å². The van der Waals surface area contributed by atoms with Crippen molar-refractivity contribution in [2.24, 2.45) is 5.73 Å². The van der Waals surface area contributed by atoms with E-state index in [0.29, 0.717) is 5.75 Å². The van der Waals surface area contributed by atoms with Crippen molar-refractivity contribution in [1.29, 1.82) is 0 Å². The molecule has 0 saturated heterocycles. The zero-order valence-corrected chi connectivity index (χ0v) is 11.2. The molecule has 0 aliphatic heterocycles. The molecule has 18 heavy (non-hydrogen) atoms. The van der Waals surface area contributed by atoms with Gasteiger partial charge in [-0.2, -0.15) is 0 Å². The fourth-order valence-corrected chi connectivity index (χ4v) is 1.84. The number of amides is 1. The van der Waals surface area contributed by atoms with E-state index in [1.54, 1.807) is 18.2 Å². The topological polar surface area (TPSA) is 65.2 Å². The van der Waals surface area contributed by atoms with Gasteiger partial charge < -0.3 is 10.5 Å². The molecule has 0 unspecified atom stereocenters. The third-order valence-electron chi connectivity index (χ3n) is 2.09. The SMILES string of the molecule is NC(=O)c1cc(F)cnc1Oc1cccc(I)c1. The van der Waals surface area contributed by atoms with E-state index in [0.717, 1.165) is 15.8 Å². The van der Waals surface area contributed by atoms with Gasteiger partial charge in [-0.1, -0.05) is 6.07 Å². The number of nitrogens with two attached hydrogens (primary N) is 1. The van der Waals surface area contributed by atoms with Crippen molar-refractivity contribution in [1.82, 2.24) is 4.98 Å². The van der Waals surface area contributed by atoms with Crippen LogP contribution in [0, 0.1) is 9.39 Å². The maximum Gasteiger partial charge on any atom is 0.254 e. The van der Waals surface area contributed by atoms with E-state index < -0.39 is 11.7 Å². The second kappa shape index (κ2) is 5.30. The summed E-state index contributed by atoms with van der Waals surface area (Å²) in [5, 5.41) is 0. The van der Waals surface area contributed by atoms with Crippen LogP contribution < -0.4 is 10.5 Å². The van der Waals surface area contributed by atoms with Gasteiger partial charge in [-0.3, -0.25) is 4.79 Å². The molecule has 0 bridgehead atoms. The summed E-state index contributed by atoms with van der Waals surface area (Å²) in [4.78, 5) is 14.9. The third-order valence-corrected chi connectivity index (χ3v) is 2.76. The average molecular weight is 358 g/mol. The number of benzene rings is 1. The van der Waals surface area contributed by atoms with Crippen LogP contribution in [0.15, 0.2) is 36.5 Å². The van der Waals surface area contributed by atoms with Crippen molar-refractivity contribution in [3.8, 4) is 11.6 Å². The standard InChI is InChI=1S/C12H8FIN2O2/c13-7-4-10(11(15)17)12(16-6-7)18-9-3-1-2-8(14)5-9/h1-6H,(H2,15,17). The molecule has 1 aromatic heterocycles. The van der Waals surface area contributed by atoms with Crippen LogP contribution in [0.1, 0.15) is 10.4 Å². The van der Waals surface area contributed by atoms with Crippen LogP contribution in [-0.2, 0) is 0 Å². The maximum atomic E-state index is 13.0. The minimum Gasteiger partial charge on any atom is -0.438 e. The Morgan fingerprint density at radius 1 is 1.39 bits per heavy atom. The largest absolute Gasteiger partial charge is 0.438 e. The Morgan fingerprint density at radius 2 is 2.17 bits per heavy atom. The lowest BCUT2D eigenvalue weighted by atomic mass is 10.2. The first-order valence-electron chi connectivity index (χ1n) is 4.95. The van der Waals surface area contributed by atoms with E-state index in [-0.39, 0.29) is 11.4 Å². The lowest BCUT2D eigenvalue weighted by molar-refractivity contribution is 0.0997. The number of carbonyl (C=O) groups excluding carboxylic acids is 1. The second-order valence-corrected chi connectivity index (χ2v) is 4.68. The summed E-state index contributed by atoms with van der Waals surface area (Å²) in [6.45, 7) is 0. The number of rotatable bonds is 3. The number of pyridine rings is 1.